The highest BCUT2D eigenvalue weighted by molar-refractivity contribution is 9.10. The van der Waals surface area contributed by atoms with Crippen molar-refractivity contribution in [2.75, 3.05) is 26.7 Å². The van der Waals surface area contributed by atoms with E-state index in [0.29, 0.717) is 6.54 Å². The van der Waals surface area contributed by atoms with Crippen LogP contribution < -0.4 is 10.1 Å². The van der Waals surface area contributed by atoms with Gasteiger partial charge < -0.3 is 15.0 Å². The average molecular weight is 371 g/mol. The molecule has 1 aromatic rings. The third kappa shape index (κ3) is 5.61. The molecule has 0 aliphatic carbocycles. The lowest BCUT2D eigenvalue weighted by atomic mass is 10.1. The van der Waals surface area contributed by atoms with Gasteiger partial charge in [-0.15, -0.1) is 0 Å². The van der Waals surface area contributed by atoms with Crippen molar-refractivity contribution in [2.24, 2.45) is 0 Å². The number of benzene rings is 1. The van der Waals surface area contributed by atoms with Gasteiger partial charge in [-0.2, -0.15) is 0 Å². The fraction of sp³-hybridized carbons (Fsp3) is 0.588. The summed E-state index contributed by atoms with van der Waals surface area (Å²) in [5, 5.41) is 3.31. The first-order valence-corrected chi connectivity index (χ1v) is 8.67. The van der Waals surface area contributed by atoms with Crippen molar-refractivity contribution in [3.63, 3.8) is 0 Å². The molecule has 1 amide bonds. The maximum Gasteiger partial charge on any atom is 0.236 e. The van der Waals surface area contributed by atoms with Crippen molar-refractivity contribution in [3.8, 4) is 5.75 Å². The van der Waals surface area contributed by atoms with Gasteiger partial charge in [-0.1, -0.05) is 19.9 Å². The highest BCUT2D eigenvalue weighted by Gasteiger charge is 2.14. The maximum absolute atomic E-state index is 12.3. The van der Waals surface area contributed by atoms with Gasteiger partial charge in [-0.05, 0) is 53.4 Å². The van der Waals surface area contributed by atoms with Crippen LogP contribution in [0.15, 0.2) is 22.7 Å². The summed E-state index contributed by atoms with van der Waals surface area (Å²) in [6, 6.07) is 6.08. The fourth-order valence-electron chi connectivity index (χ4n) is 2.32. The third-order valence-electron chi connectivity index (χ3n) is 3.58. The van der Waals surface area contributed by atoms with Gasteiger partial charge in [0.15, 0.2) is 0 Å². The van der Waals surface area contributed by atoms with E-state index in [9.17, 15) is 4.79 Å². The molecule has 0 aliphatic heterocycles. The molecule has 22 heavy (non-hydrogen) atoms. The first kappa shape index (κ1) is 19.0. The largest absolute Gasteiger partial charge is 0.496 e. The van der Waals surface area contributed by atoms with Crippen LogP contribution in [0, 0.1) is 0 Å². The number of nitrogens with zero attached hydrogens (tertiary/aromatic N) is 1. The summed E-state index contributed by atoms with van der Waals surface area (Å²) in [5.41, 5.74) is 1.12. The lowest BCUT2D eigenvalue weighted by molar-refractivity contribution is -0.130. The van der Waals surface area contributed by atoms with Crippen molar-refractivity contribution in [1.82, 2.24) is 10.2 Å². The molecule has 5 heteroatoms. The van der Waals surface area contributed by atoms with Crippen LogP contribution in [0.5, 0.6) is 5.75 Å². The van der Waals surface area contributed by atoms with E-state index in [2.05, 4.69) is 42.0 Å². The van der Waals surface area contributed by atoms with Crippen LogP contribution >= 0.6 is 15.9 Å². The molecular weight excluding hydrogens is 344 g/mol. The minimum Gasteiger partial charge on any atom is -0.496 e. The molecular formula is C17H27BrN2O2. The van der Waals surface area contributed by atoms with Gasteiger partial charge in [0.2, 0.25) is 5.91 Å². The van der Waals surface area contributed by atoms with Gasteiger partial charge in [0.25, 0.3) is 0 Å². The second-order valence-corrected chi connectivity index (χ2v) is 6.23. The number of hydrogen-bond donors (Lipinski definition) is 1. The predicted octanol–water partition coefficient (Wildman–Crippen LogP) is 3.76. The Bertz CT molecular complexity index is 474. The lowest BCUT2D eigenvalue weighted by Gasteiger charge is -2.23. The Morgan fingerprint density at radius 3 is 2.45 bits per heavy atom. The van der Waals surface area contributed by atoms with Gasteiger partial charge in [-0.25, -0.2) is 0 Å². The van der Waals surface area contributed by atoms with E-state index in [4.69, 9.17) is 4.74 Å². The number of amides is 1. The molecule has 124 valence electrons. The second-order valence-electron chi connectivity index (χ2n) is 5.38. The molecule has 1 rings (SSSR count). The van der Waals surface area contributed by atoms with E-state index in [1.807, 2.05) is 23.1 Å². The SMILES string of the molecule is CCCN(CCC)C(=O)CNC(C)c1ccc(OC)c(Br)c1. The molecule has 1 aromatic carbocycles. The second kappa shape index (κ2) is 9.85. The number of nitrogens with one attached hydrogen (secondary N) is 1. The van der Waals surface area contributed by atoms with Crippen molar-refractivity contribution in [3.05, 3.63) is 28.2 Å². The maximum atomic E-state index is 12.3. The molecule has 1 N–H and O–H groups in total. The van der Waals surface area contributed by atoms with Crippen LogP contribution in [0.25, 0.3) is 0 Å². The predicted molar refractivity (Wildman–Crippen MR) is 94.3 cm³/mol. The molecule has 0 aromatic heterocycles. The van der Waals surface area contributed by atoms with Gasteiger partial charge in [0.1, 0.15) is 5.75 Å². The monoisotopic (exact) mass is 370 g/mol. The van der Waals surface area contributed by atoms with E-state index >= 15 is 0 Å². The number of halogens is 1. The molecule has 0 heterocycles. The lowest BCUT2D eigenvalue weighted by Crippen LogP contribution is -2.39. The van der Waals surface area contributed by atoms with Crippen molar-refractivity contribution in [2.45, 2.75) is 39.7 Å². The van der Waals surface area contributed by atoms with Crippen molar-refractivity contribution < 1.29 is 9.53 Å². The van der Waals surface area contributed by atoms with Gasteiger partial charge in [0.05, 0.1) is 18.1 Å². The first-order chi connectivity index (χ1) is 10.5. The normalized spacial score (nSPS) is 12.0. The number of rotatable bonds is 9. The zero-order valence-corrected chi connectivity index (χ0v) is 15.6. The van der Waals surface area contributed by atoms with Crippen LogP contribution in [-0.2, 0) is 4.79 Å². The molecule has 0 radical (unpaired) electrons. The number of methoxy groups -OCH3 is 1. The zero-order chi connectivity index (χ0) is 16.5. The summed E-state index contributed by atoms with van der Waals surface area (Å²) < 4.78 is 6.16. The van der Waals surface area contributed by atoms with Crippen LogP contribution in [0.3, 0.4) is 0 Å². The van der Waals surface area contributed by atoms with Crippen LogP contribution in [0.4, 0.5) is 0 Å². The van der Waals surface area contributed by atoms with E-state index < -0.39 is 0 Å². The minimum absolute atomic E-state index is 0.108. The highest BCUT2D eigenvalue weighted by atomic mass is 79.9. The Labute approximate surface area is 142 Å². The quantitative estimate of drug-likeness (QED) is 0.719. The average Bonchev–Trinajstić information content (AvgIpc) is 2.51. The van der Waals surface area contributed by atoms with Gasteiger partial charge in [0, 0.05) is 19.1 Å². The molecule has 0 bridgehead atoms. The van der Waals surface area contributed by atoms with Crippen LogP contribution in [0.1, 0.15) is 45.2 Å². The van der Waals surface area contributed by atoms with E-state index in [1.54, 1.807) is 7.11 Å². The Morgan fingerprint density at radius 1 is 1.32 bits per heavy atom. The standard InChI is InChI=1S/C17H27BrN2O2/c1-5-9-20(10-6-2)17(21)12-19-13(3)14-7-8-16(22-4)15(18)11-14/h7-8,11,13,19H,5-6,9-10,12H2,1-4H3. The highest BCUT2D eigenvalue weighted by Crippen LogP contribution is 2.27. The summed E-state index contributed by atoms with van der Waals surface area (Å²) in [7, 11) is 1.65. The third-order valence-corrected chi connectivity index (χ3v) is 4.19. The summed E-state index contributed by atoms with van der Waals surface area (Å²) in [4.78, 5) is 14.2. The molecule has 0 fully saturated rings. The van der Waals surface area contributed by atoms with Crippen LogP contribution in [-0.4, -0.2) is 37.6 Å². The van der Waals surface area contributed by atoms with Crippen molar-refractivity contribution in [1.29, 1.82) is 0 Å². The summed E-state index contributed by atoms with van der Waals surface area (Å²) in [5.74, 6) is 0.979. The number of ether oxygens (including phenoxy) is 1. The summed E-state index contributed by atoms with van der Waals surface area (Å²) in [6.45, 7) is 8.28. The van der Waals surface area contributed by atoms with E-state index in [-0.39, 0.29) is 11.9 Å². The Balaban J connectivity index is 2.59. The molecule has 0 saturated heterocycles. The number of hydrogen-bond acceptors (Lipinski definition) is 3. The molecule has 1 unspecified atom stereocenters. The smallest absolute Gasteiger partial charge is 0.236 e. The molecule has 4 nitrogen and oxygen atoms in total. The first-order valence-electron chi connectivity index (χ1n) is 7.88. The molecule has 0 saturated carbocycles. The van der Waals surface area contributed by atoms with E-state index in [1.165, 1.54) is 0 Å². The fourth-order valence-corrected chi connectivity index (χ4v) is 2.88. The van der Waals surface area contributed by atoms with Gasteiger partial charge in [-0.3, -0.25) is 4.79 Å². The van der Waals surface area contributed by atoms with Crippen molar-refractivity contribution >= 4 is 21.8 Å². The van der Waals surface area contributed by atoms with E-state index in [0.717, 1.165) is 41.7 Å². The van der Waals surface area contributed by atoms with Gasteiger partial charge >= 0.3 is 0 Å². The number of carbonyl (C=O) groups excluding carboxylic acids is 1. The molecule has 0 aliphatic rings. The Kier molecular flexibility index (Phi) is 8.49. The molecule has 1 atom stereocenters. The zero-order valence-electron chi connectivity index (χ0n) is 14.0. The Morgan fingerprint density at radius 2 is 1.95 bits per heavy atom. The number of carbonyl (C=O) groups is 1. The molecule has 0 spiro atoms. The van der Waals surface area contributed by atoms with Crippen LogP contribution in [0.2, 0.25) is 0 Å². The Hall–Kier alpha value is -1.07. The topological polar surface area (TPSA) is 41.6 Å². The summed E-state index contributed by atoms with van der Waals surface area (Å²) >= 11 is 3.49. The summed E-state index contributed by atoms with van der Waals surface area (Å²) in [6.07, 6.45) is 1.99. The minimum atomic E-state index is 0.108.